The van der Waals surface area contributed by atoms with E-state index in [9.17, 15) is 18.8 Å². The first-order valence-electron chi connectivity index (χ1n) is 8.28. The molecule has 0 radical (unpaired) electrons. The molecule has 1 atom stereocenters. The Morgan fingerprint density at radius 2 is 1.93 bits per heavy atom. The molecule has 2 aromatic rings. The number of rotatable bonds is 3. The van der Waals surface area contributed by atoms with Crippen LogP contribution < -0.4 is 15.5 Å². The second kappa shape index (κ2) is 6.09. The van der Waals surface area contributed by atoms with Crippen LogP contribution in [0.4, 0.5) is 15.8 Å². The van der Waals surface area contributed by atoms with E-state index in [1.807, 2.05) is 19.1 Å². The maximum absolute atomic E-state index is 13.5. The molecule has 4 rings (SSSR count). The number of primary amides is 1. The van der Waals surface area contributed by atoms with E-state index in [2.05, 4.69) is 0 Å². The fourth-order valence-electron chi connectivity index (χ4n) is 3.62. The molecule has 0 bridgehead atoms. The van der Waals surface area contributed by atoms with Crippen molar-refractivity contribution < 1.29 is 18.8 Å². The Bertz CT molecular complexity index is 979. The molecule has 2 aliphatic rings. The first-order chi connectivity index (χ1) is 12.8. The lowest BCUT2D eigenvalue weighted by atomic mass is 10.0. The van der Waals surface area contributed by atoms with E-state index < -0.39 is 22.5 Å². The number of amides is 3. The van der Waals surface area contributed by atoms with E-state index in [0.717, 1.165) is 5.56 Å². The van der Waals surface area contributed by atoms with Crippen LogP contribution in [0.2, 0.25) is 0 Å². The molecule has 1 spiro atoms. The number of aryl methyl sites for hydroxylation is 1. The minimum absolute atomic E-state index is 0.0981. The van der Waals surface area contributed by atoms with Gasteiger partial charge in [0, 0.05) is 11.3 Å². The van der Waals surface area contributed by atoms with Crippen LogP contribution in [-0.2, 0) is 19.3 Å². The standard InChI is InChI=1S/C19H16FN3O3S/c1-11-2-7-15-14(8-11)19(18(26)22(15)9-16(21)24)23(17(25)10-27-19)13-5-3-12(20)4-6-13/h2-8H,9-10H2,1H3,(H2,21,24)/t19-/m0/s1. The van der Waals surface area contributed by atoms with Gasteiger partial charge in [-0.1, -0.05) is 17.7 Å². The van der Waals surface area contributed by atoms with Gasteiger partial charge >= 0.3 is 0 Å². The predicted octanol–water partition coefficient (Wildman–Crippen LogP) is 1.90. The third-order valence-electron chi connectivity index (χ3n) is 4.71. The lowest BCUT2D eigenvalue weighted by Gasteiger charge is -2.33. The smallest absolute Gasteiger partial charge is 0.269 e. The molecule has 0 unspecified atom stereocenters. The molecule has 6 nitrogen and oxygen atoms in total. The first kappa shape index (κ1) is 17.5. The van der Waals surface area contributed by atoms with Crippen LogP contribution in [0.5, 0.6) is 0 Å². The minimum atomic E-state index is -1.33. The van der Waals surface area contributed by atoms with Crippen molar-refractivity contribution in [1.29, 1.82) is 0 Å². The summed E-state index contributed by atoms with van der Waals surface area (Å²) < 4.78 is 13.4. The zero-order valence-corrected chi connectivity index (χ0v) is 15.3. The molecule has 0 aromatic heterocycles. The number of benzene rings is 2. The lowest BCUT2D eigenvalue weighted by Crippen LogP contribution is -2.51. The van der Waals surface area contributed by atoms with E-state index in [0.29, 0.717) is 16.9 Å². The zero-order chi connectivity index (χ0) is 19.3. The highest BCUT2D eigenvalue weighted by atomic mass is 32.2. The summed E-state index contributed by atoms with van der Waals surface area (Å²) in [5.74, 6) is -1.64. The van der Waals surface area contributed by atoms with E-state index >= 15 is 0 Å². The van der Waals surface area contributed by atoms with Crippen LogP contribution in [0, 0.1) is 12.7 Å². The molecule has 1 saturated heterocycles. The monoisotopic (exact) mass is 385 g/mol. The van der Waals surface area contributed by atoms with E-state index in [1.165, 1.54) is 45.8 Å². The first-order valence-corrected chi connectivity index (χ1v) is 9.27. The normalized spacial score (nSPS) is 21.3. The summed E-state index contributed by atoms with van der Waals surface area (Å²) in [6.45, 7) is 1.61. The molecule has 2 heterocycles. The van der Waals surface area contributed by atoms with Crippen LogP contribution in [-0.4, -0.2) is 30.0 Å². The molecule has 0 aliphatic carbocycles. The number of hydrogen-bond donors (Lipinski definition) is 1. The Labute approximate surface area is 159 Å². The molecule has 0 saturated carbocycles. The Balaban J connectivity index is 1.93. The minimum Gasteiger partial charge on any atom is -0.368 e. The van der Waals surface area contributed by atoms with Gasteiger partial charge in [-0.15, -0.1) is 11.8 Å². The van der Waals surface area contributed by atoms with Crippen molar-refractivity contribution in [1.82, 2.24) is 0 Å². The molecule has 2 aromatic carbocycles. The molecule has 8 heteroatoms. The molecule has 2 aliphatic heterocycles. The van der Waals surface area contributed by atoms with Gasteiger partial charge in [0.15, 0.2) is 0 Å². The molecule has 1 fully saturated rings. The Morgan fingerprint density at radius 1 is 1.22 bits per heavy atom. The van der Waals surface area contributed by atoms with Crippen LogP contribution in [0.25, 0.3) is 0 Å². The quantitative estimate of drug-likeness (QED) is 0.875. The summed E-state index contributed by atoms with van der Waals surface area (Å²) in [7, 11) is 0. The van der Waals surface area contributed by atoms with Crippen LogP contribution in [0.15, 0.2) is 42.5 Å². The molecular weight excluding hydrogens is 369 g/mol. The van der Waals surface area contributed by atoms with Crippen molar-refractivity contribution in [2.75, 3.05) is 22.1 Å². The van der Waals surface area contributed by atoms with Gasteiger partial charge in [-0.05, 0) is 37.3 Å². The van der Waals surface area contributed by atoms with Gasteiger partial charge < -0.3 is 5.73 Å². The fourth-order valence-corrected chi connectivity index (χ4v) is 4.97. The highest BCUT2D eigenvalue weighted by Gasteiger charge is 2.61. The molecule has 2 N–H and O–H groups in total. The highest BCUT2D eigenvalue weighted by Crippen LogP contribution is 2.55. The van der Waals surface area contributed by atoms with Crippen molar-refractivity contribution in [2.45, 2.75) is 11.8 Å². The number of anilines is 2. The number of halogens is 1. The number of carbonyl (C=O) groups is 3. The SMILES string of the molecule is Cc1ccc2c(c1)[C@]1(SCC(=O)N1c1ccc(F)cc1)C(=O)N2CC(N)=O. The summed E-state index contributed by atoms with van der Waals surface area (Å²) in [5.41, 5.74) is 7.87. The fraction of sp³-hybridized carbons (Fsp3) is 0.211. The lowest BCUT2D eigenvalue weighted by molar-refractivity contribution is -0.125. The number of nitrogens with zero attached hydrogens (tertiary/aromatic N) is 2. The summed E-state index contributed by atoms with van der Waals surface area (Å²) in [5, 5.41) is 0. The second-order valence-electron chi connectivity index (χ2n) is 6.52. The van der Waals surface area contributed by atoms with Crippen LogP contribution >= 0.6 is 11.8 Å². The summed E-state index contributed by atoms with van der Waals surface area (Å²) in [6, 6.07) is 10.9. The van der Waals surface area contributed by atoms with Crippen LogP contribution in [0.1, 0.15) is 11.1 Å². The number of hydrogen-bond acceptors (Lipinski definition) is 4. The highest BCUT2D eigenvalue weighted by molar-refractivity contribution is 8.02. The second-order valence-corrected chi connectivity index (χ2v) is 7.68. The summed E-state index contributed by atoms with van der Waals surface area (Å²) in [6.07, 6.45) is 0. The molecule has 27 heavy (non-hydrogen) atoms. The number of nitrogens with two attached hydrogens (primary N) is 1. The van der Waals surface area contributed by atoms with Gasteiger partial charge in [-0.3, -0.25) is 24.2 Å². The molecule has 3 amide bonds. The largest absolute Gasteiger partial charge is 0.368 e. The van der Waals surface area contributed by atoms with E-state index in [4.69, 9.17) is 5.73 Å². The van der Waals surface area contributed by atoms with Crippen molar-refractivity contribution in [3.63, 3.8) is 0 Å². The average molecular weight is 385 g/mol. The zero-order valence-electron chi connectivity index (χ0n) is 14.4. The number of thioether (sulfide) groups is 1. The van der Waals surface area contributed by atoms with E-state index in [-0.39, 0.29) is 18.2 Å². The van der Waals surface area contributed by atoms with Gasteiger partial charge in [0.25, 0.3) is 5.91 Å². The summed E-state index contributed by atoms with van der Waals surface area (Å²) >= 11 is 1.20. The van der Waals surface area contributed by atoms with Gasteiger partial charge in [-0.25, -0.2) is 4.39 Å². The van der Waals surface area contributed by atoms with Crippen LogP contribution in [0.3, 0.4) is 0 Å². The predicted molar refractivity (Wildman–Crippen MR) is 101 cm³/mol. The Hall–Kier alpha value is -2.87. The van der Waals surface area contributed by atoms with Crippen molar-refractivity contribution >= 4 is 40.9 Å². The van der Waals surface area contributed by atoms with Crippen molar-refractivity contribution in [3.8, 4) is 0 Å². The topological polar surface area (TPSA) is 83.7 Å². The average Bonchev–Trinajstić information content (AvgIpc) is 3.07. The number of fused-ring (bicyclic) bond motifs is 2. The van der Waals surface area contributed by atoms with Gasteiger partial charge in [0.05, 0.1) is 11.4 Å². The Kier molecular flexibility index (Phi) is 3.96. The van der Waals surface area contributed by atoms with Gasteiger partial charge in [0.1, 0.15) is 12.4 Å². The van der Waals surface area contributed by atoms with Crippen molar-refractivity contribution in [3.05, 3.63) is 59.4 Å². The molecule has 138 valence electrons. The molecular formula is C19H16FN3O3S. The van der Waals surface area contributed by atoms with E-state index in [1.54, 1.807) is 6.07 Å². The van der Waals surface area contributed by atoms with Gasteiger partial charge in [0.2, 0.25) is 16.7 Å². The summed E-state index contributed by atoms with van der Waals surface area (Å²) in [4.78, 5) is 39.1. The van der Waals surface area contributed by atoms with Gasteiger partial charge in [-0.2, -0.15) is 0 Å². The van der Waals surface area contributed by atoms with Crippen molar-refractivity contribution in [2.24, 2.45) is 5.73 Å². The Morgan fingerprint density at radius 3 is 2.59 bits per heavy atom. The maximum atomic E-state index is 13.5. The third-order valence-corrected chi connectivity index (χ3v) is 6.10. The number of carbonyl (C=O) groups excluding carboxylic acids is 3. The third kappa shape index (κ3) is 2.51. The maximum Gasteiger partial charge on any atom is 0.269 e.